The minimum atomic E-state index is -0.201. The lowest BCUT2D eigenvalue weighted by molar-refractivity contribution is -0.0573. The van der Waals surface area contributed by atoms with Crippen LogP contribution in [-0.4, -0.2) is 26.4 Å². The minimum absolute atomic E-state index is 0.0904. The summed E-state index contributed by atoms with van der Waals surface area (Å²) < 4.78 is 7.70. The Morgan fingerprint density at radius 3 is 2.67 bits per heavy atom. The largest absolute Gasteiger partial charge is 0.370 e. The van der Waals surface area contributed by atoms with Crippen LogP contribution in [0, 0.1) is 6.92 Å². The summed E-state index contributed by atoms with van der Waals surface area (Å²) in [6, 6.07) is 9.81. The van der Waals surface area contributed by atoms with E-state index in [2.05, 4.69) is 13.8 Å². The van der Waals surface area contributed by atoms with Gasteiger partial charge in [-0.15, -0.1) is 0 Å². The number of aryl methyl sites for hydroxylation is 1. The van der Waals surface area contributed by atoms with Gasteiger partial charge in [-0.3, -0.25) is 9.36 Å². The molecular formula is C21H23N3O2S. The van der Waals surface area contributed by atoms with Gasteiger partial charge in [-0.25, -0.2) is 9.97 Å². The molecule has 0 spiro atoms. The van der Waals surface area contributed by atoms with Gasteiger partial charge < -0.3 is 4.74 Å². The zero-order valence-electron chi connectivity index (χ0n) is 16.1. The fourth-order valence-electron chi connectivity index (χ4n) is 3.39. The highest BCUT2D eigenvalue weighted by Crippen LogP contribution is 2.31. The fraction of sp³-hybridized carbons (Fsp3) is 0.381. The first-order valence-electron chi connectivity index (χ1n) is 9.14. The van der Waals surface area contributed by atoms with Crippen LogP contribution in [0.15, 0.2) is 40.3 Å². The molecule has 0 fully saturated rings. The Balaban J connectivity index is 1.93. The quantitative estimate of drug-likeness (QED) is 0.506. The molecular weight excluding hydrogens is 358 g/mol. The molecule has 3 aromatic rings. The molecule has 6 heteroatoms. The molecule has 0 bridgehead atoms. The SMILES string of the molecule is CC[C@@]1(C)Cc2nc3nc(SC)n(-c4ccc(C)cc4)c(=O)c3cc2CO1. The Labute approximate surface area is 162 Å². The summed E-state index contributed by atoms with van der Waals surface area (Å²) in [6.07, 6.45) is 3.59. The summed E-state index contributed by atoms with van der Waals surface area (Å²) in [6.45, 7) is 6.74. The Morgan fingerprint density at radius 1 is 1.26 bits per heavy atom. The van der Waals surface area contributed by atoms with Gasteiger partial charge in [0.15, 0.2) is 10.8 Å². The van der Waals surface area contributed by atoms with Crippen LogP contribution in [0.1, 0.15) is 37.1 Å². The number of fused-ring (bicyclic) bond motifs is 2. The standard InChI is InChI=1S/C21H23N3O2S/c1-5-21(3)11-17-14(12-26-21)10-16-18(22-17)23-20(27-4)24(19(16)25)15-8-6-13(2)7-9-15/h6-10H,5,11-12H2,1-4H3/t21-/m0/s1. The summed E-state index contributed by atoms with van der Waals surface area (Å²) in [5.74, 6) is 0. The van der Waals surface area contributed by atoms with Crippen molar-refractivity contribution in [3.63, 3.8) is 0 Å². The van der Waals surface area contributed by atoms with Crippen molar-refractivity contribution in [3.05, 3.63) is 57.5 Å². The first-order valence-corrected chi connectivity index (χ1v) is 10.4. The van der Waals surface area contributed by atoms with Gasteiger partial charge in [0.1, 0.15) is 0 Å². The second-order valence-corrected chi connectivity index (χ2v) is 8.08. The minimum Gasteiger partial charge on any atom is -0.370 e. The monoisotopic (exact) mass is 381 g/mol. The third-order valence-corrected chi connectivity index (χ3v) is 5.98. The van der Waals surface area contributed by atoms with Crippen molar-refractivity contribution in [3.8, 4) is 5.69 Å². The van der Waals surface area contributed by atoms with Gasteiger partial charge in [0.2, 0.25) is 0 Å². The topological polar surface area (TPSA) is 57.0 Å². The number of benzene rings is 1. The average Bonchev–Trinajstić information content (AvgIpc) is 2.67. The number of rotatable bonds is 3. The number of hydrogen-bond donors (Lipinski definition) is 0. The molecule has 0 aliphatic carbocycles. The smallest absolute Gasteiger partial charge is 0.268 e. The van der Waals surface area contributed by atoms with Gasteiger partial charge in [-0.05, 0) is 44.7 Å². The van der Waals surface area contributed by atoms with E-state index in [1.165, 1.54) is 11.8 Å². The van der Waals surface area contributed by atoms with Crippen molar-refractivity contribution in [1.82, 2.24) is 14.5 Å². The molecule has 1 atom stereocenters. The zero-order valence-corrected chi connectivity index (χ0v) is 16.9. The third kappa shape index (κ3) is 3.17. The molecule has 1 aliphatic heterocycles. The zero-order chi connectivity index (χ0) is 19.2. The lowest BCUT2D eigenvalue weighted by Crippen LogP contribution is -2.35. The summed E-state index contributed by atoms with van der Waals surface area (Å²) >= 11 is 1.45. The molecule has 27 heavy (non-hydrogen) atoms. The van der Waals surface area contributed by atoms with Crippen molar-refractivity contribution in [2.24, 2.45) is 0 Å². The molecule has 3 heterocycles. The van der Waals surface area contributed by atoms with Crippen LogP contribution in [0.3, 0.4) is 0 Å². The highest BCUT2D eigenvalue weighted by atomic mass is 32.2. The van der Waals surface area contributed by atoms with Gasteiger partial charge in [-0.2, -0.15) is 0 Å². The molecule has 0 saturated carbocycles. The van der Waals surface area contributed by atoms with Crippen LogP contribution in [-0.2, 0) is 17.8 Å². The Bertz CT molecular complexity index is 1080. The van der Waals surface area contributed by atoms with Crippen molar-refractivity contribution < 1.29 is 4.74 Å². The van der Waals surface area contributed by atoms with E-state index in [1.54, 1.807) is 4.57 Å². The van der Waals surface area contributed by atoms with Crippen LogP contribution < -0.4 is 5.56 Å². The van der Waals surface area contributed by atoms with Gasteiger partial charge >= 0.3 is 0 Å². The van der Waals surface area contributed by atoms with Gasteiger partial charge in [0.05, 0.1) is 29.0 Å². The predicted octanol–water partition coefficient (Wildman–Crippen LogP) is 4.05. The first kappa shape index (κ1) is 18.2. The second-order valence-electron chi connectivity index (χ2n) is 7.31. The molecule has 5 nitrogen and oxygen atoms in total. The lowest BCUT2D eigenvalue weighted by Gasteiger charge is -2.33. The molecule has 0 unspecified atom stereocenters. The van der Waals surface area contributed by atoms with Crippen LogP contribution in [0.25, 0.3) is 16.7 Å². The van der Waals surface area contributed by atoms with Crippen LogP contribution in [0.2, 0.25) is 0 Å². The lowest BCUT2D eigenvalue weighted by atomic mass is 9.91. The molecule has 0 saturated heterocycles. The van der Waals surface area contributed by atoms with Crippen molar-refractivity contribution in [1.29, 1.82) is 0 Å². The van der Waals surface area contributed by atoms with E-state index in [1.807, 2.05) is 43.5 Å². The maximum Gasteiger partial charge on any atom is 0.268 e. The molecule has 4 rings (SSSR count). The average molecular weight is 382 g/mol. The normalized spacial score (nSPS) is 19.3. The van der Waals surface area contributed by atoms with Gasteiger partial charge in [-0.1, -0.05) is 36.4 Å². The number of hydrogen-bond acceptors (Lipinski definition) is 5. The maximum absolute atomic E-state index is 13.3. The van der Waals surface area contributed by atoms with Gasteiger partial charge in [0.25, 0.3) is 5.56 Å². The number of thioether (sulfide) groups is 1. The van der Waals surface area contributed by atoms with Crippen molar-refractivity contribution in [2.75, 3.05) is 6.26 Å². The van der Waals surface area contributed by atoms with Crippen LogP contribution >= 0.6 is 11.8 Å². The van der Waals surface area contributed by atoms with Crippen LogP contribution in [0.4, 0.5) is 0 Å². The first-order chi connectivity index (χ1) is 12.9. The molecule has 1 aromatic carbocycles. The van der Waals surface area contributed by atoms with E-state index in [0.29, 0.717) is 22.8 Å². The Kier molecular flexibility index (Phi) is 4.56. The molecule has 0 N–H and O–H groups in total. The van der Waals surface area contributed by atoms with E-state index in [0.717, 1.165) is 35.3 Å². The maximum atomic E-state index is 13.3. The second kappa shape index (κ2) is 6.77. The summed E-state index contributed by atoms with van der Waals surface area (Å²) in [4.78, 5) is 22.8. The van der Waals surface area contributed by atoms with Crippen molar-refractivity contribution >= 4 is 22.8 Å². The van der Waals surface area contributed by atoms with Gasteiger partial charge in [0, 0.05) is 12.0 Å². The number of nitrogens with zero attached hydrogens (tertiary/aromatic N) is 3. The van der Waals surface area contributed by atoms with E-state index in [9.17, 15) is 4.79 Å². The number of ether oxygens (including phenoxy) is 1. The van der Waals surface area contributed by atoms with E-state index < -0.39 is 0 Å². The van der Waals surface area contributed by atoms with Crippen molar-refractivity contribution in [2.45, 2.75) is 51.0 Å². The molecule has 0 amide bonds. The number of aromatic nitrogens is 3. The number of pyridine rings is 1. The Hall–Kier alpha value is -2.18. The highest BCUT2D eigenvalue weighted by molar-refractivity contribution is 7.98. The molecule has 0 radical (unpaired) electrons. The highest BCUT2D eigenvalue weighted by Gasteiger charge is 2.31. The fourth-order valence-corrected chi connectivity index (χ4v) is 3.94. The molecule has 140 valence electrons. The third-order valence-electron chi connectivity index (χ3n) is 5.34. The summed E-state index contributed by atoms with van der Waals surface area (Å²) in [5.41, 5.74) is 4.17. The summed E-state index contributed by atoms with van der Waals surface area (Å²) in [7, 11) is 0. The van der Waals surface area contributed by atoms with E-state index in [4.69, 9.17) is 14.7 Å². The van der Waals surface area contributed by atoms with E-state index >= 15 is 0 Å². The Morgan fingerprint density at radius 2 is 2.00 bits per heavy atom. The van der Waals surface area contributed by atoms with Crippen LogP contribution in [0.5, 0.6) is 0 Å². The summed E-state index contributed by atoms with van der Waals surface area (Å²) in [5, 5.41) is 1.19. The molecule has 1 aliphatic rings. The van der Waals surface area contributed by atoms with E-state index in [-0.39, 0.29) is 11.2 Å². The molecule has 2 aromatic heterocycles. The predicted molar refractivity (Wildman–Crippen MR) is 109 cm³/mol.